The number of urea groups is 1. The smallest absolute Gasteiger partial charge is 0.404 e. The zero-order valence-electron chi connectivity index (χ0n) is 15.8. The summed E-state index contributed by atoms with van der Waals surface area (Å²) in [5.74, 6) is 0. The zero-order valence-corrected chi connectivity index (χ0v) is 15.8. The summed E-state index contributed by atoms with van der Waals surface area (Å²) in [6.07, 6.45) is 1.28. The van der Waals surface area contributed by atoms with Crippen molar-refractivity contribution in [3.8, 4) is 11.1 Å². The Bertz CT molecular complexity index is 851. The molecule has 0 aliphatic carbocycles. The fourth-order valence-corrected chi connectivity index (χ4v) is 4.11. The van der Waals surface area contributed by atoms with E-state index in [4.69, 9.17) is 0 Å². The Morgan fingerprint density at radius 2 is 1.75 bits per heavy atom. The number of carbonyl (C=O) groups is 2. The van der Waals surface area contributed by atoms with Crippen molar-refractivity contribution < 1.29 is 14.7 Å². The van der Waals surface area contributed by atoms with Gasteiger partial charge in [-0.05, 0) is 36.0 Å². The van der Waals surface area contributed by atoms with Crippen LogP contribution in [0.1, 0.15) is 18.4 Å². The lowest BCUT2D eigenvalue weighted by molar-refractivity contribution is 0.119. The molecule has 0 saturated carbocycles. The highest BCUT2D eigenvalue weighted by atomic mass is 16.4. The van der Waals surface area contributed by atoms with E-state index in [1.54, 1.807) is 0 Å². The predicted octanol–water partition coefficient (Wildman–Crippen LogP) is 3.43. The summed E-state index contributed by atoms with van der Waals surface area (Å²) in [5, 5.41) is 11.8. The van der Waals surface area contributed by atoms with Crippen LogP contribution in [0.5, 0.6) is 0 Å². The number of likely N-dealkylation sites (tertiary alicyclic amines) is 2. The Morgan fingerprint density at radius 3 is 2.43 bits per heavy atom. The fraction of sp³-hybridized carbons (Fsp3) is 0.364. The monoisotopic (exact) mass is 379 g/mol. The van der Waals surface area contributed by atoms with Crippen LogP contribution >= 0.6 is 0 Å². The topological polar surface area (TPSA) is 72.9 Å². The number of hydrogen-bond donors (Lipinski definition) is 2. The van der Waals surface area contributed by atoms with E-state index in [1.165, 1.54) is 0 Å². The molecule has 3 amide bonds. The van der Waals surface area contributed by atoms with Crippen LogP contribution < -0.4 is 5.32 Å². The molecule has 0 unspecified atom stereocenters. The van der Waals surface area contributed by atoms with Crippen molar-refractivity contribution in [3.05, 3.63) is 60.2 Å². The Kier molecular flexibility index (Phi) is 5.19. The SMILES string of the molecule is O=C(O)N[C@H]1CCN(C(=O)N2CCC2)[C@H]1Cc1cccc(-c2ccccc2)c1. The number of carbonyl (C=O) groups excluding carboxylic acids is 1. The fourth-order valence-electron chi connectivity index (χ4n) is 4.11. The zero-order chi connectivity index (χ0) is 19.5. The Hall–Kier alpha value is -3.02. The number of benzene rings is 2. The second kappa shape index (κ2) is 7.92. The summed E-state index contributed by atoms with van der Waals surface area (Å²) in [4.78, 5) is 27.8. The van der Waals surface area contributed by atoms with E-state index in [-0.39, 0.29) is 18.1 Å². The maximum atomic E-state index is 12.8. The quantitative estimate of drug-likeness (QED) is 0.855. The van der Waals surface area contributed by atoms with Gasteiger partial charge >= 0.3 is 12.1 Å². The van der Waals surface area contributed by atoms with Gasteiger partial charge in [0.15, 0.2) is 0 Å². The highest BCUT2D eigenvalue weighted by Crippen LogP contribution is 2.27. The molecule has 2 fully saturated rings. The third kappa shape index (κ3) is 3.81. The van der Waals surface area contributed by atoms with Gasteiger partial charge in [-0.1, -0.05) is 54.6 Å². The van der Waals surface area contributed by atoms with Gasteiger partial charge in [0.1, 0.15) is 0 Å². The minimum absolute atomic E-state index is 0.0325. The van der Waals surface area contributed by atoms with Crippen molar-refractivity contribution in [3.63, 3.8) is 0 Å². The van der Waals surface area contributed by atoms with E-state index in [0.717, 1.165) is 36.2 Å². The second-order valence-corrected chi connectivity index (χ2v) is 7.50. The van der Waals surface area contributed by atoms with Crippen molar-refractivity contribution in [2.45, 2.75) is 31.3 Å². The normalized spacial score (nSPS) is 21.3. The van der Waals surface area contributed by atoms with Gasteiger partial charge in [0, 0.05) is 19.6 Å². The summed E-state index contributed by atoms with van der Waals surface area (Å²) in [5.41, 5.74) is 3.37. The summed E-state index contributed by atoms with van der Waals surface area (Å²) < 4.78 is 0. The molecule has 2 atom stereocenters. The van der Waals surface area contributed by atoms with E-state index in [1.807, 2.05) is 34.1 Å². The van der Waals surface area contributed by atoms with Crippen LogP contribution in [-0.2, 0) is 6.42 Å². The first kappa shape index (κ1) is 18.3. The number of carboxylic acid groups (broad SMARTS) is 1. The molecule has 2 aromatic rings. The van der Waals surface area contributed by atoms with Crippen molar-refractivity contribution in [2.75, 3.05) is 19.6 Å². The molecule has 2 aliphatic heterocycles. The first-order chi connectivity index (χ1) is 13.6. The molecule has 2 aromatic carbocycles. The third-order valence-corrected chi connectivity index (χ3v) is 5.71. The highest BCUT2D eigenvalue weighted by molar-refractivity contribution is 5.76. The summed E-state index contributed by atoms with van der Waals surface area (Å²) in [6.45, 7) is 2.18. The first-order valence-corrected chi connectivity index (χ1v) is 9.81. The van der Waals surface area contributed by atoms with Crippen LogP contribution in [0.4, 0.5) is 9.59 Å². The van der Waals surface area contributed by atoms with Gasteiger partial charge in [0.05, 0.1) is 12.1 Å². The van der Waals surface area contributed by atoms with Crippen LogP contribution in [0, 0.1) is 0 Å². The van der Waals surface area contributed by atoms with E-state index < -0.39 is 6.09 Å². The van der Waals surface area contributed by atoms with E-state index in [9.17, 15) is 14.7 Å². The molecule has 0 radical (unpaired) electrons. The predicted molar refractivity (Wildman–Crippen MR) is 107 cm³/mol. The molecule has 0 bridgehead atoms. The molecular weight excluding hydrogens is 354 g/mol. The van der Waals surface area contributed by atoms with Crippen molar-refractivity contribution in [1.82, 2.24) is 15.1 Å². The van der Waals surface area contributed by atoms with E-state index in [0.29, 0.717) is 19.4 Å². The van der Waals surface area contributed by atoms with Crippen LogP contribution in [0.15, 0.2) is 54.6 Å². The van der Waals surface area contributed by atoms with Gasteiger partial charge in [-0.2, -0.15) is 0 Å². The maximum absolute atomic E-state index is 12.8. The Labute approximate surface area is 164 Å². The van der Waals surface area contributed by atoms with Gasteiger partial charge in [-0.3, -0.25) is 0 Å². The molecule has 2 saturated heterocycles. The highest BCUT2D eigenvalue weighted by Gasteiger charge is 2.40. The van der Waals surface area contributed by atoms with Crippen LogP contribution in [0.3, 0.4) is 0 Å². The lowest BCUT2D eigenvalue weighted by atomic mass is 9.96. The Morgan fingerprint density at radius 1 is 1.00 bits per heavy atom. The number of amides is 3. The van der Waals surface area contributed by atoms with Gasteiger partial charge < -0.3 is 20.2 Å². The van der Waals surface area contributed by atoms with E-state index in [2.05, 4.69) is 35.6 Å². The standard InChI is InChI=1S/C22H25N3O3/c26-21(27)23-19-10-13-25(22(28)24-11-5-12-24)20(19)15-16-6-4-9-18(14-16)17-7-2-1-3-8-17/h1-4,6-9,14,19-20,23H,5,10-13,15H2,(H,26,27)/t19-,20-/m0/s1. The van der Waals surface area contributed by atoms with Crippen molar-refractivity contribution in [1.29, 1.82) is 0 Å². The summed E-state index contributed by atoms with van der Waals surface area (Å²) in [6, 6.07) is 18.1. The average molecular weight is 379 g/mol. The minimum atomic E-state index is -1.04. The lowest BCUT2D eigenvalue weighted by Gasteiger charge is -2.37. The second-order valence-electron chi connectivity index (χ2n) is 7.50. The number of hydrogen-bond acceptors (Lipinski definition) is 2. The van der Waals surface area contributed by atoms with E-state index >= 15 is 0 Å². The minimum Gasteiger partial charge on any atom is -0.465 e. The number of rotatable bonds is 4. The van der Waals surface area contributed by atoms with Crippen LogP contribution in [0.2, 0.25) is 0 Å². The van der Waals surface area contributed by atoms with Gasteiger partial charge in [-0.15, -0.1) is 0 Å². The van der Waals surface area contributed by atoms with Gasteiger partial charge in [0.25, 0.3) is 0 Å². The molecule has 2 aliphatic rings. The number of nitrogens with one attached hydrogen (secondary N) is 1. The maximum Gasteiger partial charge on any atom is 0.404 e. The molecule has 28 heavy (non-hydrogen) atoms. The van der Waals surface area contributed by atoms with Crippen molar-refractivity contribution in [2.24, 2.45) is 0 Å². The summed E-state index contributed by atoms with van der Waals surface area (Å²) in [7, 11) is 0. The van der Waals surface area contributed by atoms with Gasteiger partial charge in [-0.25, -0.2) is 9.59 Å². The average Bonchev–Trinajstić information content (AvgIpc) is 3.03. The van der Waals surface area contributed by atoms with Crippen LogP contribution in [0.25, 0.3) is 11.1 Å². The molecule has 6 heteroatoms. The van der Waals surface area contributed by atoms with Gasteiger partial charge in [0.2, 0.25) is 0 Å². The molecule has 4 rings (SSSR count). The van der Waals surface area contributed by atoms with Crippen LogP contribution in [-0.4, -0.2) is 58.7 Å². The molecular formula is C22H25N3O3. The molecule has 6 nitrogen and oxygen atoms in total. The third-order valence-electron chi connectivity index (χ3n) is 5.71. The molecule has 2 N–H and O–H groups in total. The summed E-state index contributed by atoms with van der Waals surface area (Å²) >= 11 is 0. The molecule has 0 aromatic heterocycles. The molecule has 2 heterocycles. The lowest BCUT2D eigenvalue weighted by Crippen LogP contribution is -2.54. The Balaban J connectivity index is 1.56. The van der Waals surface area contributed by atoms with Crippen molar-refractivity contribution >= 4 is 12.1 Å². The first-order valence-electron chi connectivity index (χ1n) is 9.81. The molecule has 146 valence electrons. The number of nitrogens with zero attached hydrogens (tertiary/aromatic N) is 2. The largest absolute Gasteiger partial charge is 0.465 e. The molecule has 0 spiro atoms.